The number of aryl methyl sites for hydroxylation is 1. The maximum absolute atomic E-state index is 5.96. The van der Waals surface area contributed by atoms with Crippen LogP contribution in [0.2, 0.25) is 5.02 Å². The van der Waals surface area contributed by atoms with Gasteiger partial charge in [0.15, 0.2) is 0 Å². The maximum atomic E-state index is 5.96. The first-order chi connectivity index (χ1) is 8.19. The van der Waals surface area contributed by atoms with Gasteiger partial charge in [-0.25, -0.2) is 0 Å². The molecule has 0 saturated heterocycles. The summed E-state index contributed by atoms with van der Waals surface area (Å²) in [5, 5.41) is 4.08. The Bertz CT molecular complexity index is 557. The lowest BCUT2D eigenvalue weighted by atomic mass is 10.2. The van der Waals surface area contributed by atoms with Gasteiger partial charge in [-0.2, -0.15) is 0 Å². The molecule has 0 bridgehead atoms. The zero-order valence-electron chi connectivity index (χ0n) is 9.74. The molecule has 1 aromatic heterocycles. The lowest BCUT2D eigenvalue weighted by Crippen LogP contribution is -2.02. The van der Waals surface area contributed by atoms with Crippen LogP contribution >= 0.6 is 23.8 Å². The molecule has 1 heterocycles. The van der Waals surface area contributed by atoms with Gasteiger partial charge in [0.05, 0.1) is 6.54 Å². The third kappa shape index (κ3) is 3.20. The molecule has 0 saturated carbocycles. The van der Waals surface area contributed by atoms with Crippen LogP contribution in [0.4, 0.5) is 0 Å². The Morgan fingerprint density at radius 3 is 2.88 bits per heavy atom. The molecule has 2 nitrogen and oxygen atoms in total. The van der Waals surface area contributed by atoms with Gasteiger partial charge < -0.3 is 5.10 Å². The second kappa shape index (κ2) is 5.52. The lowest BCUT2D eigenvalue weighted by Gasteiger charge is -2.04. The highest BCUT2D eigenvalue weighted by atomic mass is 35.5. The van der Waals surface area contributed by atoms with E-state index in [1.54, 1.807) is 0 Å². The zero-order valence-corrected chi connectivity index (χ0v) is 11.3. The molecule has 0 aliphatic heterocycles. The summed E-state index contributed by atoms with van der Waals surface area (Å²) in [4.78, 5) is 0. The maximum Gasteiger partial charge on any atom is 0.122 e. The van der Waals surface area contributed by atoms with Crippen molar-refractivity contribution >= 4 is 23.8 Å². The quantitative estimate of drug-likeness (QED) is 0.823. The van der Waals surface area contributed by atoms with Crippen LogP contribution in [-0.2, 0) is 13.0 Å². The van der Waals surface area contributed by atoms with Gasteiger partial charge in [0.1, 0.15) is 4.64 Å². The number of hydrogen-bond acceptors (Lipinski definition) is 1. The number of aromatic amines is 1. The van der Waals surface area contributed by atoms with Gasteiger partial charge in [0.25, 0.3) is 0 Å². The first-order valence-corrected chi connectivity index (χ1v) is 6.51. The Morgan fingerprint density at radius 1 is 1.35 bits per heavy atom. The van der Waals surface area contributed by atoms with Crippen LogP contribution in [0.25, 0.3) is 0 Å². The third-order valence-corrected chi connectivity index (χ3v) is 3.16. The number of hydrogen-bond donors (Lipinski definition) is 1. The van der Waals surface area contributed by atoms with E-state index >= 15 is 0 Å². The van der Waals surface area contributed by atoms with E-state index in [4.69, 9.17) is 23.8 Å². The molecule has 1 N–H and O–H groups in total. The summed E-state index contributed by atoms with van der Waals surface area (Å²) in [6.07, 6.45) is 2.15. The van der Waals surface area contributed by atoms with Crippen molar-refractivity contribution in [3.63, 3.8) is 0 Å². The highest BCUT2D eigenvalue weighted by molar-refractivity contribution is 7.71. The second-order valence-corrected chi connectivity index (χ2v) is 4.94. The van der Waals surface area contributed by atoms with Gasteiger partial charge in [-0.05, 0) is 30.2 Å². The summed E-state index contributed by atoms with van der Waals surface area (Å²) in [7, 11) is 0. The van der Waals surface area contributed by atoms with Gasteiger partial charge in [-0.3, -0.25) is 4.68 Å². The summed E-state index contributed by atoms with van der Waals surface area (Å²) in [5.41, 5.74) is 2.35. The van der Waals surface area contributed by atoms with Gasteiger partial charge in [0.2, 0.25) is 0 Å². The van der Waals surface area contributed by atoms with E-state index in [1.807, 2.05) is 35.0 Å². The number of rotatable bonds is 4. The van der Waals surface area contributed by atoms with E-state index in [-0.39, 0.29) is 0 Å². The number of aromatic nitrogens is 2. The highest BCUT2D eigenvalue weighted by Gasteiger charge is 2.01. The number of halogens is 1. The van der Waals surface area contributed by atoms with E-state index in [9.17, 15) is 0 Å². The minimum absolute atomic E-state index is 0.739. The predicted octanol–water partition coefficient (Wildman–Crippen LogP) is 4.20. The monoisotopic (exact) mass is 266 g/mol. The molecule has 17 heavy (non-hydrogen) atoms. The van der Waals surface area contributed by atoms with Crippen LogP contribution in [0, 0.1) is 4.64 Å². The Hall–Kier alpha value is -1.06. The first kappa shape index (κ1) is 12.4. The van der Waals surface area contributed by atoms with E-state index in [0.717, 1.165) is 34.6 Å². The van der Waals surface area contributed by atoms with Crippen molar-refractivity contribution in [2.24, 2.45) is 0 Å². The number of benzene rings is 1. The van der Waals surface area contributed by atoms with Crippen LogP contribution in [-0.4, -0.2) is 9.78 Å². The molecule has 0 aliphatic rings. The van der Waals surface area contributed by atoms with Crippen molar-refractivity contribution in [1.29, 1.82) is 0 Å². The summed E-state index contributed by atoms with van der Waals surface area (Å²) < 4.78 is 2.82. The highest BCUT2D eigenvalue weighted by Crippen LogP contribution is 2.12. The number of nitrogens with one attached hydrogen (secondary N) is 1. The van der Waals surface area contributed by atoms with Crippen LogP contribution in [0.3, 0.4) is 0 Å². The van der Waals surface area contributed by atoms with E-state index < -0.39 is 0 Å². The van der Waals surface area contributed by atoms with Crippen LogP contribution in [0.1, 0.15) is 24.6 Å². The molecule has 0 unspecified atom stereocenters. The molecular weight excluding hydrogens is 252 g/mol. The predicted molar refractivity (Wildman–Crippen MR) is 74.2 cm³/mol. The molecule has 0 spiro atoms. The van der Waals surface area contributed by atoms with E-state index in [0.29, 0.717) is 0 Å². The fourth-order valence-corrected chi connectivity index (χ4v) is 2.29. The molecule has 0 amide bonds. The van der Waals surface area contributed by atoms with Crippen molar-refractivity contribution < 1.29 is 0 Å². The topological polar surface area (TPSA) is 20.7 Å². The van der Waals surface area contributed by atoms with Crippen LogP contribution in [0.15, 0.2) is 30.3 Å². The fraction of sp³-hybridized carbons (Fsp3) is 0.308. The molecule has 2 rings (SSSR count). The average Bonchev–Trinajstić information content (AvgIpc) is 2.60. The molecule has 0 atom stereocenters. The molecule has 90 valence electrons. The average molecular weight is 267 g/mol. The van der Waals surface area contributed by atoms with Crippen molar-refractivity contribution in [2.45, 2.75) is 26.3 Å². The third-order valence-electron chi connectivity index (χ3n) is 2.59. The molecule has 0 aliphatic carbocycles. The van der Waals surface area contributed by atoms with Crippen LogP contribution in [0.5, 0.6) is 0 Å². The minimum Gasteiger partial charge on any atom is -0.301 e. The van der Waals surface area contributed by atoms with Gasteiger partial charge in [0, 0.05) is 10.7 Å². The van der Waals surface area contributed by atoms with Gasteiger partial charge in [-0.1, -0.05) is 49.3 Å². The smallest absolute Gasteiger partial charge is 0.122 e. The van der Waals surface area contributed by atoms with Gasteiger partial charge in [-0.15, -0.1) is 0 Å². The summed E-state index contributed by atoms with van der Waals surface area (Å²) in [6.45, 7) is 2.90. The number of H-pyrrole nitrogens is 1. The Kier molecular flexibility index (Phi) is 4.02. The van der Waals surface area contributed by atoms with Crippen molar-refractivity contribution in [1.82, 2.24) is 9.78 Å². The summed E-state index contributed by atoms with van der Waals surface area (Å²) in [6, 6.07) is 9.87. The molecule has 0 radical (unpaired) electrons. The molecule has 2 aromatic rings. The molecular formula is C13H15ClN2S. The Balaban J connectivity index is 2.21. The van der Waals surface area contributed by atoms with Crippen molar-refractivity contribution in [2.75, 3.05) is 0 Å². The molecule has 1 aromatic carbocycles. The van der Waals surface area contributed by atoms with E-state index in [1.165, 1.54) is 5.69 Å². The van der Waals surface area contributed by atoms with E-state index in [2.05, 4.69) is 12.0 Å². The van der Waals surface area contributed by atoms with Crippen LogP contribution < -0.4 is 0 Å². The van der Waals surface area contributed by atoms with Gasteiger partial charge >= 0.3 is 0 Å². The summed E-state index contributed by atoms with van der Waals surface area (Å²) >= 11 is 11.3. The largest absolute Gasteiger partial charge is 0.301 e. The van der Waals surface area contributed by atoms with Crippen molar-refractivity contribution in [3.8, 4) is 0 Å². The Morgan fingerprint density at radius 2 is 2.18 bits per heavy atom. The lowest BCUT2D eigenvalue weighted by molar-refractivity contribution is 0.660. The van der Waals surface area contributed by atoms with Crippen molar-refractivity contribution in [3.05, 3.63) is 51.3 Å². The Labute approximate surface area is 111 Å². The first-order valence-electron chi connectivity index (χ1n) is 5.72. The SMILES string of the molecule is CCCc1cc(=S)n(Cc2cccc(Cl)c2)[nH]1. The summed E-state index contributed by atoms with van der Waals surface area (Å²) in [5.74, 6) is 0. The minimum atomic E-state index is 0.739. The number of nitrogens with zero attached hydrogens (tertiary/aromatic N) is 1. The normalized spacial score (nSPS) is 10.7. The standard InChI is InChI=1S/C13H15ClN2S/c1-2-4-12-8-13(17)16(15-12)9-10-5-3-6-11(14)7-10/h3,5-8,15H,2,4,9H2,1H3. The molecule has 0 fully saturated rings. The zero-order chi connectivity index (χ0) is 12.3. The molecule has 4 heteroatoms. The second-order valence-electron chi connectivity index (χ2n) is 4.09. The fourth-order valence-electron chi connectivity index (χ4n) is 1.82.